The Labute approximate surface area is 231 Å². The summed E-state index contributed by atoms with van der Waals surface area (Å²) in [5, 5.41) is 5.87. The van der Waals surface area contributed by atoms with Gasteiger partial charge in [-0.1, -0.05) is 49.4 Å². The molecule has 2 aromatic heterocycles. The average molecular weight is 543 g/mol. The molecule has 0 saturated carbocycles. The summed E-state index contributed by atoms with van der Waals surface area (Å²) in [5.41, 5.74) is 4.54. The van der Waals surface area contributed by atoms with Crippen molar-refractivity contribution >= 4 is 40.6 Å². The first kappa shape index (κ1) is 26.1. The van der Waals surface area contributed by atoms with Crippen LogP contribution in [0.1, 0.15) is 46.7 Å². The van der Waals surface area contributed by atoms with Crippen molar-refractivity contribution in [3.05, 3.63) is 94.7 Å². The Hall–Kier alpha value is -3.49. The molecule has 1 N–H and O–H groups in total. The summed E-state index contributed by atoms with van der Waals surface area (Å²) in [6, 6.07) is 20.1. The number of carbonyl (C=O) groups excluding carboxylic acids is 2. The quantitative estimate of drug-likeness (QED) is 0.257. The number of thioether (sulfide) groups is 1. The van der Waals surface area contributed by atoms with Gasteiger partial charge in [-0.2, -0.15) is 0 Å². The number of piperidine rings is 1. The fraction of sp³-hybridized carbons (Fsp3) is 0.267. The number of anilines is 1. The largest absolute Gasteiger partial charge is 0.342 e. The Kier molecular flexibility index (Phi) is 8.51. The molecule has 0 bridgehead atoms. The second-order valence-electron chi connectivity index (χ2n) is 9.25. The molecule has 1 aliphatic rings. The Morgan fingerprint density at radius 1 is 1.03 bits per heavy atom. The summed E-state index contributed by atoms with van der Waals surface area (Å²) in [6.07, 6.45) is 6.19. The Balaban J connectivity index is 1.17. The highest BCUT2D eigenvalue weighted by atomic mass is 32.2. The lowest BCUT2D eigenvalue weighted by Crippen LogP contribution is -2.38. The Morgan fingerprint density at radius 2 is 1.76 bits per heavy atom. The number of thiazole rings is 1. The number of aryl methyl sites for hydroxylation is 1. The van der Waals surface area contributed by atoms with Gasteiger partial charge in [0.15, 0.2) is 0 Å². The third-order valence-corrected chi connectivity index (χ3v) is 8.82. The molecule has 38 heavy (non-hydrogen) atoms. The van der Waals surface area contributed by atoms with Crippen molar-refractivity contribution in [2.24, 2.45) is 0 Å². The molecule has 1 saturated heterocycles. The van der Waals surface area contributed by atoms with Gasteiger partial charge >= 0.3 is 0 Å². The van der Waals surface area contributed by atoms with Crippen molar-refractivity contribution in [2.45, 2.75) is 37.0 Å². The van der Waals surface area contributed by atoms with Crippen LogP contribution < -0.4 is 5.32 Å². The van der Waals surface area contributed by atoms with E-state index < -0.39 is 0 Å². The van der Waals surface area contributed by atoms with E-state index in [2.05, 4.69) is 41.5 Å². The maximum Gasteiger partial charge on any atom is 0.275 e. The summed E-state index contributed by atoms with van der Waals surface area (Å²) in [7, 11) is 0. The van der Waals surface area contributed by atoms with Gasteiger partial charge in [-0.3, -0.25) is 14.6 Å². The van der Waals surface area contributed by atoms with E-state index in [9.17, 15) is 9.59 Å². The van der Waals surface area contributed by atoms with Crippen LogP contribution in [0.25, 0.3) is 11.1 Å². The third-order valence-electron chi connectivity index (χ3n) is 6.81. The standard InChI is InChI=1S/C30H30N4O2S2/c1-2-21-7-9-22(10-8-21)25-5-3-4-6-26(25)32-29(36)27-19-38-30(33-27)23-13-17-34(18-14-23)28(35)20-37-24-11-15-31-16-12-24/h3-12,15-16,19,23H,2,13-14,17-18,20H2,1H3,(H,32,36). The number of likely N-dealkylation sites (tertiary alicyclic amines) is 1. The number of rotatable bonds is 8. The number of pyridine rings is 1. The zero-order chi connectivity index (χ0) is 26.3. The average Bonchev–Trinajstić information content (AvgIpc) is 3.48. The van der Waals surface area contributed by atoms with Gasteiger partial charge in [0.25, 0.3) is 5.91 Å². The lowest BCUT2D eigenvalue weighted by atomic mass is 9.97. The molecular formula is C30H30N4O2S2. The van der Waals surface area contributed by atoms with E-state index in [1.165, 1.54) is 16.9 Å². The first-order valence-corrected chi connectivity index (χ1v) is 14.7. The van der Waals surface area contributed by atoms with Gasteiger partial charge < -0.3 is 10.2 Å². The Bertz CT molecular complexity index is 1380. The van der Waals surface area contributed by atoms with Gasteiger partial charge in [0.2, 0.25) is 5.91 Å². The maximum absolute atomic E-state index is 13.1. The lowest BCUT2D eigenvalue weighted by Gasteiger charge is -2.31. The highest BCUT2D eigenvalue weighted by Crippen LogP contribution is 2.32. The number of nitrogens with zero attached hydrogens (tertiary/aromatic N) is 3. The SMILES string of the molecule is CCc1ccc(-c2ccccc2NC(=O)c2csc(C3CCN(C(=O)CSc4ccncc4)CC3)n2)cc1. The zero-order valence-electron chi connectivity index (χ0n) is 21.3. The van der Waals surface area contributed by atoms with Crippen LogP contribution in [0.3, 0.4) is 0 Å². The highest BCUT2D eigenvalue weighted by Gasteiger charge is 2.26. The number of aromatic nitrogens is 2. The van der Waals surface area contributed by atoms with Crippen LogP contribution in [0.2, 0.25) is 0 Å². The number of nitrogens with one attached hydrogen (secondary N) is 1. The minimum Gasteiger partial charge on any atom is -0.342 e. The molecule has 194 valence electrons. The molecule has 0 atom stereocenters. The molecule has 0 radical (unpaired) electrons. The Morgan fingerprint density at radius 3 is 2.50 bits per heavy atom. The molecule has 2 aromatic carbocycles. The summed E-state index contributed by atoms with van der Waals surface area (Å²) < 4.78 is 0. The monoisotopic (exact) mass is 542 g/mol. The number of carbonyl (C=O) groups is 2. The van der Waals surface area contributed by atoms with Gasteiger partial charge in [0.05, 0.1) is 10.8 Å². The summed E-state index contributed by atoms with van der Waals surface area (Å²) in [5.74, 6) is 0.654. The number of hydrogen-bond donors (Lipinski definition) is 1. The molecule has 8 heteroatoms. The maximum atomic E-state index is 13.1. The fourth-order valence-electron chi connectivity index (χ4n) is 4.58. The summed E-state index contributed by atoms with van der Waals surface area (Å²) >= 11 is 3.07. The summed E-state index contributed by atoms with van der Waals surface area (Å²) in [4.78, 5) is 37.5. The predicted octanol–water partition coefficient (Wildman–Crippen LogP) is 6.52. The van der Waals surface area contributed by atoms with Crippen LogP contribution in [-0.4, -0.2) is 45.5 Å². The van der Waals surface area contributed by atoms with E-state index in [4.69, 9.17) is 4.98 Å². The number of amides is 2. The molecule has 0 aliphatic carbocycles. The van der Waals surface area contributed by atoms with E-state index >= 15 is 0 Å². The van der Waals surface area contributed by atoms with Crippen LogP contribution in [-0.2, 0) is 11.2 Å². The van der Waals surface area contributed by atoms with E-state index in [1.54, 1.807) is 24.2 Å². The van der Waals surface area contributed by atoms with E-state index in [1.807, 2.05) is 46.7 Å². The molecule has 5 rings (SSSR count). The molecule has 0 spiro atoms. The van der Waals surface area contributed by atoms with E-state index in [0.29, 0.717) is 24.5 Å². The van der Waals surface area contributed by atoms with E-state index in [-0.39, 0.29) is 17.7 Å². The van der Waals surface area contributed by atoms with Crippen LogP contribution in [0.5, 0.6) is 0 Å². The van der Waals surface area contributed by atoms with Crippen molar-refractivity contribution in [1.29, 1.82) is 0 Å². The van der Waals surface area contributed by atoms with E-state index in [0.717, 1.165) is 46.0 Å². The van der Waals surface area contributed by atoms with Crippen molar-refractivity contribution in [1.82, 2.24) is 14.9 Å². The first-order chi connectivity index (χ1) is 18.6. The molecule has 2 amide bonds. The van der Waals surface area contributed by atoms with Crippen molar-refractivity contribution in [2.75, 3.05) is 24.2 Å². The van der Waals surface area contributed by atoms with Crippen molar-refractivity contribution in [3.8, 4) is 11.1 Å². The smallest absolute Gasteiger partial charge is 0.275 e. The number of benzene rings is 2. The van der Waals surface area contributed by atoms with Crippen LogP contribution >= 0.6 is 23.1 Å². The number of hydrogen-bond acceptors (Lipinski definition) is 6. The highest BCUT2D eigenvalue weighted by molar-refractivity contribution is 8.00. The van der Waals surface area contributed by atoms with Gasteiger partial charge in [-0.25, -0.2) is 4.98 Å². The molecule has 3 heterocycles. The number of para-hydroxylation sites is 1. The predicted molar refractivity (Wildman–Crippen MR) is 155 cm³/mol. The van der Waals surface area contributed by atoms with Crippen molar-refractivity contribution in [3.63, 3.8) is 0 Å². The minimum absolute atomic E-state index is 0.160. The summed E-state index contributed by atoms with van der Waals surface area (Å²) in [6.45, 7) is 3.57. The van der Waals surface area contributed by atoms with Gasteiger partial charge in [0.1, 0.15) is 5.69 Å². The van der Waals surface area contributed by atoms with Crippen LogP contribution in [0.15, 0.2) is 83.3 Å². The van der Waals surface area contributed by atoms with Gasteiger partial charge in [-0.15, -0.1) is 23.1 Å². The molecule has 1 fully saturated rings. The zero-order valence-corrected chi connectivity index (χ0v) is 22.9. The minimum atomic E-state index is -0.203. The topological polar surface area (TPSA) is 75.2 Å². The normalized spacial score (nSPS) is 13.9. The second-order valence-corrected chi connectivity index (χ2v) is 11.2. The lowest BCUT2D eigenvalue weighted by molar-refractivity contribution is -0.129. The van der Waals surface area contributed by atoms with Crippen LogP contribution in [0.4, 0.5) is 5.69 Å². The second kappa shape index (κ2) is 12.4. The molecular weight excluding hydrogens is 512 g/mol. The van der Waals surface area contributed by atoms with Crippen LogP contribution in [0, 0.1) is 0 Å². The molecule has 0 unspecified atom stereocenters. The molecule has 4 aromatic rings. The van der Waals surface area contributed by atoms with Gasteiger partial charge in [0, 0.05) is 52.9 Å². The van der Waals surface area contributed by atoms with Gasteiger partial charge in [-0.05, 0) is 48.6 Å². The molecule has 1 aliphatic heterocycles. The molecule has 6 nitrogen and oxygen atoms in total. The van der Waals surface area contributed by atoms with Crippen molar-refractivity contribution < 1.29 is 9.59 Å². The third kappa shape index (κ3) is 6.31. The first-order valence-electron chi connectivity index (χ1n) is 12.9. The fourth-order valence-corrected chi connectivity index (χ4v) is 6.33.